The molecule has 0 aliphatic carbocycles. The van der Waals surface area contributed by atoms with E-state index in [2.05, 4.69) is 64.5 Å². The van der Waals surface area contributed by atoms with Crippen LogP contribution in [0.1, 0.15) is 30.5 Å². The van der Waals surface area contributed by atoms with E-state index in [0.29, 0.717) is 29.1 Å². The van der Waals surface area contributed by atoms with E-state index < -0.39 is 0 Å². The maximum atomic E-state index is 12.8. The van der Waals surface area contributed by atoms with Gasteiger partial charge in [-0.05, 0) is 81.7 Å². The summed E-state index contributed by atoms with van der Waals surface area (Å²) < 4.78 is 5.82. The molecule has 0 spiro atoms. The Balaban J connectivity index is 1.03. The van der Waals surface area contributed by atoms with Crippen LogP contribution in [0.3, 0.4) is 0 Å². The van der Waals surface area contributed by atoms with Crippen molar-refractivity contribution in [3.8, 4) is 11.5 Å². The molecule has 4 aromatic rings. The smallest absolute Gasteiger partial charge is 0.310 e. The van der Waals surface area contributed by atoms with Crippen LogP contribution in [0, 0.1) is 12.8 Å². The van der Waals surface area contributed by atoms with Gasteiger partial charge in [0.1, 0.15) is 23.4 Å². The van der Waals surface area contributed by atoms with Gasteiger partial charge in [-0.2, -0.15) is 4.98 Å². The van der Waals surface area contributed by atoms with Gasteiger partial charge in [-0.3, -0.25) is 9.69 Å². The fraction of sp³-hybridized carbons (Fsp3) is 0.375. The lowest BCUT2D eigenvalue weighted by molar-refractivity contribution is -0.155. The Hall–Kier alpha value is -4.48. The highest BCUT2D eigenvalue weighted by atomic mass is 16.5. The number of hydrogen-bond acceptors (Lipinski definition) is 11. The third-order valence-electron chi connectivity index (χ3n) is 7.77. The number of aryl methyl sites for hydroxylation is 1. The number of benzene rings is 1. The molecular formula is C32H37N9O2. The van der Waals surface area contributed by atoms with Crippen molar-refractivity contribution in [1.29, 1.82) is 0 Å². The normalized spacial score (nSPS) is 19.2. The number of likely N-dealkylation sites (tertiary alicyclic amines) is 2. The fourth-order valence-electron chi connectivity index (χ4n) is 5.56. The van der Waals surface area contributed by atoms with E-state index in [1.807, 2.05) is 37.3 Å². The second-order valence-electron chi connectivity index (χ2n) is 11.3. The predicted molar refractivity (Wildman–Crippen MR) is 165 cm³/mol. The monoisotopic (exact) mass is 579 g/mol. The molecule has 6 rings (SSSR count). The van der Waals surface area contributed by atoms with Crippen molar-refractivity contribution in [2.45, 2.75) is 38.8 Å². The topological polar surface area (TPSA) is 121 Å². The molecule has 222 valence electrons. The number of esters is 1. The maximum Gasteiger partial charge on any atom is 0.310 e. The molecule has 0 amide bonds. The summed E-state index contributed by atoms with van der Waals surface area (Å²) in [5.74, 6) is 2.14. The summed E-state index contributed by atoms with van der Waals surface area (Å²) in [6.45, 7) is 6.29. The van der Waals surface area contributed by atoms with Crippen molar-refractivity contribution in [2.24, 2.45) is 5.92 Å². The number of hydrogen-bond donors (Lipinski definition) is 2. The molecule has 3 aromatic heterocycles. The minimum atomic E-state index is -0.0493. The summed E-state index contributed by atoms with van der Waals surface area (Å²) >= 11 is 0. The van der Waals surface area contributed by atoms with Gasteiger partial charge in [-0.25, -0.2) is 19.9 Å². The molecule has 2 fully saturated rings. The SMILES string of the molecule is Cc1cccc(-c2nccc(Nc3ccnc(Nc4ccc(CN5CCC[C@H](C(=O)O[C@@H]6CCN(C)C6)C5)cc4)n3)n2)n1. The van der Waals surface area contributed by atoms with Gasteiger partial charge in [-0.15, -0.1) is 0 Å². The number of anilines is 4. The van der Waals surface area contributed by atoms with E-state index in [1.165, 1.54) is 5.56 Å². The average Bonchev–Trinajstić information content (AvgIpc) is 3.43. The van der Waals surface area contributed by atoms with E-state index in [1.54, 1.807) is 24.5 Å². The zero-order valence-corrected chi connectivity index (χ0v) is 24.6. The van der Waals surface area contributed by atoms with Crippen LogP contribution >= 0.6 is 0 Å². The van der Waals surface area contributed by atoms with E-state index in [4.69, 9.17) is 4.74 Å². The van der Waals surface area contributed by atoms with Crippen LogP contribution < -0.4 is 10.6 Å². The number of ether oxygens (including phenoxy) is 1. The summed E-state index contributed by atoms with van der Waals surface area (Å²) in [5, 5.41) is 6.51. The Bertz CT molecular complexity index is 1550. The second-order valence-corrected chi connectivity index (χ2v) is 11.3. The van der Waals surface area contributed by atoms with Crippen LogP contribution in [-0.2, 0) is 16.1 Å². The number of aromatic nitrogens is 5. The molecule has 0 bridgehead atoms. The van der Waals surface area contributed by atoms with E-state index in [0.717, 1.165) is 63.4 Å². The van der Waals surface area contributed by atoms with Crippen molar-refractivity contribution in [1.82, 2.24) is 34.7 Å². The Kier molecular flexibility index (Phi) is 8.80. The zero-order valence-electron chi connectivity index (χ0n) is 24.6. The van der Waals surface area contributed by atoms with Gasteiger partial charge in [0.2, 0.25) is 5.95 Å². The summed E-state index contributed by atoms with van der Waals surface area (Å²) in [5.41, 5.74) is 3.70. The Morgan fingerprint density at radius 2 is 1.72 bits per heavy atom. The van der Waals surface area contributed by atoms with Crippen LogP contribution in [0.25, 0.3) is 11.5 Å². The van der Waals surface area contributed by atoms with Crippen LogP contribution in [0.2, 0.25) is 0 Å². The standard InChI is InChI=1S/C32H37N9O2/c1-22-5-3-7-27(35-22)30-33-15-12-28(38-30)37-29-13-16-34-32(39-29)36-25-10-8-23(9-11-25)19-41-17-4-6-24(20-41)31(42)43-26-14-18-40(2)21-26/h3,5,7-13,15-16,24,26H,4,6,14,17-21H2,1-2H3,(H2,33,34,36,37,38,39)/t24-,26+/m0/s1. The Morgan fingerprint density at radius 3 is 2.51 bits per heavy atom. The molecule has 2 aliphatic heterocycles. The number of piperidine rings is 1. The van der Waals surface area contributed by atoms with Crippen LogP contribution in [0.4, 0.5) is 23.3 Å². The molecule has 2 aliphatic rings. The van der Waals surface area contributed by atoms with Crippen LogP contribution in [0.15, 0.2) is 67.0 Å². The first kappa shape index (κ1) is 28.6. The third-order valence-corrected chi connectivity index (χ3v) is 7.77. The fourth-order valence-corrected chi connectivity index (χ4v) is 5.56. The minimum Gasteiger partial charge on any atom is -0.461 e. The maximum absolute atomic E-state index is 12.8. The van der Waals surface area contributed by atoms with Crippen LogP contribution in [0.5, 0.6) is 0 Å². The largest absolute Gasteiger partial charge is 0.461 e. The number of nitrogens with one attached hydrogen (secondary N) is 2. The van der Waals surface area contributed by atoms with Crippen LogP contribution in [-0.4, -0.2) is 80.0 Å². The molecule has 0 saturated carbocycles. The highest BCUT2D eigenvalue weighted by Crippen LogP contribution is 2.23. The number of carbonyl (C=O) groups is 1. The minimum absolute atomic E-state index is 0.0371. The first-order valence-electron chi connectivity index (χ1n) is 14.8. The number of pyridine rings is 1. The molecule has 1 aromatic carbocycles. The number of rotatable bonds is 9. The van der Waals surface area contributed by atoms with Gasteiger partial charge in [0.15, 0.2) is 5.82 Å². The lowest BCUT2D eigenvalue weighted by Gasteiger charge is -2.32. The summed E-state index contributed by atoms with van der Waals surface area (Å²) in [6, 6.07) is 17.6. The molecule has 0 radical (unpaired) electrons. The second kappa shape index (κ2) is 13.2. The first-order chi connectivity index (χ1) is 21.0. The van der Waals surface area contributed by atoms with Crippen molar-refractivity contribution in [3.05, 3.63) is 78.2 Å². The van der Waals surface area contributed by atoms with Crippen molar-refractivity contribution in [2.75, 3.05) is 43.9 Å². The molecule has 5 heterocycles. The van der Waals surface area contributed by atoms with E-state index >= 15 is 0 Å². The van der Waals surface area contributed by atoms with Gasteiger partial charge >= 0.3 is 5.97 Å². The molecule has 2 N–H and O–H groups in total. The zero-order chi connectivity index (χ0) is 29.6. The molecule has 43 heavy (non-hydrogen) atoms. The van der Waals surface area contributed by atoms with Gasteiger partial charge < -0.3 is 20.3 Å². The van der Waals surface area contributed by atoms with E-state index in [-0.39, 0.29) is 18.0 Å². The quantitative estimate of drug-likeness (QED) is 0.271. The number of likely N-dealkylation sites (N-methyl/N-ethyl adjacent to an activating group) is 1. The van der Waals surface area contributed by atoms with E-state index in [9.17, 15) is 4.79 Å². The number of carbonyl (C=O) groups excluding carboxylic acids is 1. The van der Waals surface area contributed by atoms with Gasteiger partial charge in [0, 0.05) is 50.0 Å². The molecule has 11 heteroatoms. The summed E-state index contributed by atoms with van der Waals surface area (Å²) in [6.07, 6.45) is 6.26. The van der Waals surface area contributed by atoms with Gasteiger partial charge in [0.05, 0.1) is 5.92 Å². The molecule has 2 saturated heterocycles. The van der Waals surface area contributed by atoms with Crippen molar-refractivity contribution in [3.63, 3.8) is 0 Å². The average molecular weight is 580 g/mol. The molecule has 0 unspecified atom stereocenters. The molecule has 2 atom stereocenters. The highest BCUT2D eigenvalue weighted by molar-refractivity contribution is 5.73. The number of nitrogens with zero attached hydrogens (tertiary/aromatic N) is 7. The summed E-state index contributed by atoms with van der Waals surface area (Å²) in [4.78, 5) is 39.8. The van der Waals surface area contributed by atoms with Gasteiger partial charge in [-0.1, -0.05) is 18.2 Å². The highest BCUT2D eigenvalue weighted by Gasteiger charge is 2.30. The third kappa shape index (κ3) is 7.68. The first-order valence-corrected chi connectivity index (χ1v) is 14.8. The summed E-state index contributed by atoms with van der Waals surface area (Å²) in [7, 11) is 2.07. The lowest BCUT2D eigenvalue weighted by atomic mass is 9.97. The van der Waals surface area contributed by atoms with Crippen molar-refractivity contribution < 1.29 is 9.53 Å². The predicted octanol–water partition coefficient (Wildman–Crippen LogP) is 4.58. The Morgan fingerprint density at radius 1 is 0.907 bits per heavy atom. The van der Waals surface area contributed by atoms with Crippen molar-refractivity contribution >= 4 is 29.2 Å². The van der Waals surface area contributed by atoms with Gasteiger partial charge in [0.25, 0.3) is 0 Å². The molecular weight excluding hydrogens is 542 g/mol. The Labute approximate surface area is 251 Å². The molecule has 11 nitrogen and oxygen atoms in total. The lowest BCUT2D eigenvalue weighted by Crippen LogP contribution is -2.40.